The number of hydrogen-bond donors (Lipinski definition) is 1. The maximum atomic E-state index is 12.8. The van der Waals surface area contributed by atoms with E-state index in [0.717, 1.165) is 4.90 Å². The predicted octanol–water partition coefficient (Wildman–Crippen LogP) is 3.15. The lowest BCUT2D eigenvalue weighted by atomic mass is 9.85. The van der Waals surface area contributed by atoms with E-state index in [0.29, 0.717) is 18.4 Å². The lowest BCUT2D eigenvalue weighted by molar-refractivity contribution is -0.385. The van der Waals surface area contributed by atoms with Crippen LogP contribution in [0.2, 0.25) is 0 Å². The number of nitro benzene ring substituents is 1. The molecule has 174 valence electrons. The number of esters is 1. The average molecular weight is 463 g/mol. The summed E-state index contributed by atoms with van der Waals surface area (Å²) in [6.45, 7) is 0.954. The highest BCUT2D eigenvalue weighted by Gasteiger charge is 2.47. The van der Waals surface area contributed by atoms with E-state index in [2.05, 4.69) is 5.32 Å². The van der Waals surface area contributed by atoms with E-state index in [9.17, 15) is 29.3 Å². The molecule has 0 aromatic heterocycles. The summed E-state index contributed by atoms with van der Waals surface area (Å²) in [6, 6.07) is 10.1. The number of allylic oxidation sites excluding steroid dienone is 2. The van der Waals surface area contributed by atoms with Gasteiger partial charge in [-0.3, -0.25) is 29.4 Å². The quantitative estimate of drug-likeness (QED) is 0.228. The normalized spacial score (nSPS) is 19.0. The van der Waals surface area contributed by atoms with Crippen LogP contribution >= 0.6 is 0 Å². The maximum absolute atomic E-state index is 12.8. The van der Waals surface area contributed by atoms with Crippen LogP contribution in [0.25, 0.3) is 0 Å². The molecule has 0 spiro atoms. The molecule has 10 nitrogen and oxygen atoms in total. The Morgan fingerprint density at radius 1 is 1.09 bits per heavy atom. The number of anilines is 2. The smallest absolute Gasteiger partial charge is 0.338 e. The molecular weight excluding hydrogens is 442 g/mol. The number of ether oxygens (including phenoxy) is 1. The van der Waals surface area contributed by atoms with E-state index in [1.807, 2.05) is 12.2 Å². The number of amides is 3. The molecule has 10 heteroatoms. The van der Waals surface area contributed by atoms with Crippen molar-refractivity contribution in [2.45, 2.75) is 19.8 Å². The number of imide groups is 1. The van der Waals surface area contributed by atoms with Gasteiger partial charge in [0.05, 0.1) is 28.0 Å². The summed E-state index contributed by atoms with van der Waals surface area (Å²) >= 11 is 0. The topological polar surface area (TPSA) is 136 Å². The molecule has 2 aliphatic rings. The predicted molar refractivity (Wildman–Crippen MR) is 121 cm³/mol. The van der Waals surface area contributed by atoms with Gasteiger partial charge in [-0.25, -0.2) is 4.79 Å². The van der Waals surface area contributed by atoms with Crippen LogP contribution in [0.15, 0.2) is 54.6 Å². The molecule has 2 aromatic rings. The first kappa shape index (κ1) is 22.8. The third kappa shape index (κ3) is 4.42. The van der Waals surface area contributed by atoms with Crippen molar-refractivity contribution in [3.05, 3.63) is 75.9 Å². The molecule has 1 saturated heterocycles. The summed E-state index contributed by atoms with van der Waals surface area (Å²) in [5.41, 5.74) is 0.843. The number of carbonyl (C=O) groups excluding carboxylic acids is 4. The second-order valence-electron chi connectivity index (χ2n) is 8.10. The fourth-order valence-corrected chi connectivity index (χ4v) is 4.12. The zero-order valence-corrected chi connectivity index (χ0v) is 18.2. The highest BCUT2D eigenvalue weighted by atomic mass is 16.6. The van der Waals surface area contributed by atoms with Gasteiger partial charge in [0.15, 0.2) is 6.61 Å². The molecule has 2 aromatic carbocycles. The van der Waals surface area contributed by atoms with Crippen LogP contribution in [0.4, 0.5) is 17.1 Å². The van der Waals surface area contributed by atoms with Crippen molar-refractivity contribution in [3.63, 3.8) is 0 Å². The van der Waals surface area contributed by atoms with Gasteiger partial charge >= 0.3 is 5.97 Å². The molecule has 0 saturated carbocycles. The number of benzene rings is 2. The summed E-state index contributed by atoms with van der Waals surface area (Å²) in [6.07, 6.45) is 4.80. The highest BCUT2D eigenvalue weighted by Crippen LogP contribution is 2.37. The zero-order chi connectivity index (χ0) is 24.4. The van der Waals surface area contributed by atoms with Crippen LogP contribution in [-0.4, -0.2) is 35.2 Å². The van der Waals surface area contributed by atoms with Gasteiger partial charge in [0.2, 0.25) is 11.8 Å². The minimum atomic E-state index is -0.815. The van der Waals surface area contributed by atoms with Gasteiger partial charge < -0.3 is 10.1 Å². The van der Waals surface area contributed by atoms with Crippen molar-refractivity contribution >= 4 is 40.8 Å². The number of nitrogens with one attached hydrogen (secondary N) is 1. The summed E-state index contributed by atoms with van der Waals surface area (Å²) in [5.74, 6) is -2.87. The Morgan fingerprint density at radius 2 is 1.76 bits per heavy atom. The van der Waals surface area contributed by atoms with E-state index >= 15 is 0 Å². The molecule has 0 radical (unpaired) electrons. The molecule has 3 amide bonds. The summed E-state index contributed by atoms with van der Waals surface area (Å²) in [4.78, 5) is 61.8. The number of fused-ring (bicyclic) bond motifs is 1. The van der Waals surface area contributed by atoms with E-state index in [4.69, 9.17) is 4.74 Å². The van der Waals surface area contributed by atoms with Crippen LogP contribution in [0.1, 0.15) is 28.8 Å². The average Bonchev–Trinajstić information content (AvgIpc) is 3.08. The van der Waals surface area contributed by atoms with Gasteiger partial charge in [0, 0.05) is 17.3 Å². The molecule has 34 heavy (non-hydrogen) atoms. The highest BCUT2D eigenvalue weighted by molar-refractivity contribution is 6.22. The SMILES string of the molecule is Cc1ccc(NC(=O)COC(=O)c2cccc(N3C(=O)[C@H]4CC=CC[C@H]4C3=O)c2)cc1[N+](=O)[O-]. The monoisotopic (exact) mass is 463 g/mol. The van der Waals surface area contributed by atoms with Crippen molar-refractivity contribution in [1.82, 2.24) is 0 Å². The van der Waals surface area contributed by atoms with E-state index in [-0.39, 0.29) is 34.4 Å². The van der Waals surface area contributed by atoms with Gasteiger partial charge in [-0.05, 0) is 44.0 Å². The molecule has 1 aliphatic heterocycles. The van der Waals surface area contributed by atoms with Crippen LogP contribution in [0, 0.1) is 28.9 Å². The standard InChI is InChI=1S/C24H21N3O7/c1-14-9-10-16(12-20(14)27(32)33)25-21(28)13-34-24(31)15-5-4-6-17(11-15)26-22(29)18-7-2-3-8-19(18)23(26)30/h2-6,9-12,18-19H,7-8,13H2,1H3,(H,25,28)/t18-,19+. The molecule has 1 fully saturated rings. The van der Waals surface area contributed by atoms with Gasteiger partial charge in [-0.15, -0.1) is 0 Å². The minimum Gasteiger partial charge on any atom is -0.452 e. The summed E-state index contributed by atoms with van der Waals surface area (Å²) in [7, 11) is 0. The Balaban J connectivity index is 1.40. The van der Waals surface area contributed by atoms with Crippen molar-refractivity contribution in [3.8, 4) is 0 Å². The zero-order valence-electron chi connectivity index (χ0n) is 18.2. The first-order chi connectivity index (χ1) is 16.3. The number of nitrogens with zero attached hydrogens (tertiary/aromatic N) is 2. The minimum absolute atomic E-state index is 0.0740. The Kier molecular flexibility index (Phi) is 6.22. The van der Waals surface area contributed by atoms with Crippen molar-refractivity contribution in [2.75, 3.05) is 16.8 Å². The van der Waals surface area contributed by atoms with Gasteiger partial charge in [0.25, 0.3) is 11.6 Å². The lowest BCUT2D eigenvalue weighted by Crippen LogP contribution is -2.31. The second kappa shape index (κ2) is 9.26. The molecule has 0 unspecified atom stereocenters. The van der Waals surface area contributed by atoms with Crippen molar-refractivity contribution in [1.29, 1.82) is 0 Å². The number of aryl methyl sites for hydroxylation is 1. The van der Waals surface area contributed by atoms with Crippen LogP contribution in [-0.2, 0) is 19.1 Å². The van der Waals surface area contributed by atoms with Gasteiger partial charge in [-0.1, -0.05) is 24.3 Å². The van der Waals surface area contributed by atoms with Crippen LogP contribution < -0.4 is 10.2 Å². The number of nitro groups is 1. The molecule has 1 heterocycles. The van der Waals surface area contributed by atoms with Crippen molar-refractivity contribution < 1.29 is 28.8 Å². The van der Waals surface area contributed by atoms with Gasteiger partial charge in [0.1, 0.15) is 0 Å². The fourth-order valence-electron chi connectivity index (χ4n) is 4.12. The summed E-state index contributed by atoms with van der Waals surface area (Å²) in [5, 5.41) is 13.5. The first-order valence-corrected chi connectivity index (χ1v) is 10.6. The fraction of sp³-hybridized carbons (Fsp3) is 0.250. The first-order valence-electron chi connectivity index (χ1n) is 10.6. The Hall–Kier alpha value is -4.34. The number of carbonyl (C=O) groups is 4. The lowest BCUT2D eigenvalue weighted by Gasteiger charge is -2.15. The molecule has 2 atom stereocenters. The molecule has 0 bridgehead atoms. The van der Waals surface area contributed by atoms with Gasteiger partial charge in [-0.2, -0.15) is 0 Å². The van der Waals surface area contributed by atoms with Crippen molar-refractivity contribution in [2.24, 2.45) is 11.8 Å². The molecule has 4 rings (SSSR count). The maximum Gasteiger partial charge on any atom is 0.338 e. The van der Waals surface area contributed by atoms with E-state index in [1.54, 1.807) is 13.0 Å². The molecule has 1 aliphatic carbocycles. The largest absolute Gasteiger partial charge is 0.452 e. The third-order valence-corrected chi connectivity index (χ3v) is 5.87. The Morgan fingerprint density at radius 3 is 2.41 bits per heavy atom. The molecular formula is C24H21N3O7. The van der Waals surface area contributed by atoms with Crippen LogP contribution in [0.5, 0.6) is 0 Å². The number of rotatable bonds is 6. The summed E-state index contributed by atoms with van der Waals surface area (Å²) < 4.78 is 5.05. The number of hydrogen-bond acceptors (Lipinski definition) is 7. The Labute approximate surface area is 194 Å². The van der Waals surface area contributed by atoms with E-state index in [1.165, 1.54) is 36.4 Å². The third-order valence-electron chi connectivity index (χ3n) is 5.87. The molecule has 1 N–H and O–H groups in total. The van der Waals surface area contributed by atoms with E-state index < -0.39 is 35.2 Å². The Bertz CT molecular complexity index is 1210. The second-order valence-corrected chi connectivity index (χ2v) is 8.10. The van der Waals surface area contributed by atoms with Crippen LogP contribution in [0.3, 0.4) is 0 Å².